The van der Waals surface area contributed by atoms with Gasteiger partial charge in [0.25, 0.3) is 5.91 Å². The van der Waals surface area contributed by atoms with Crippen LogP contribution >= 0.6 is 0 Å². The van der Waals surface area contributed by atoms with Crippen LogP contribution in [0.4, 0.5) is 11.5 Å². The lowest BCUT2D eigenvalue weighted by Crippen LogP contribution is -2.29. The monoisotopic (exact) mass is 556 g/mol. The number of carbonyl (C=O) groups is 1. The summed E-state index contributed by atoms with van der Waals surface area (Å²) in [5.74, 6) is 1.81. The number of pyridine rings is 2. The van der Waals surface area contributed by atoms with Gasteiger partial charge in [-0.15, -0.1) is 0 Å². The predicted octanol–water partition coefficient (Wildman–Crippen LogP) is 4.27. The molecule has 4 heterocycles. The van der Waals surface area contributed by atoms with E-state index in [0.717, 1.165) is 28.0 Å². The third kappa shape index (κ3) is 4.77. The van der Waals surface area contributed by atoms with Crippen LogP contribution in [0.2, 0.25) is 0 Å². The summed E-state index contributed by atoms with van der Waals surface area (Å²) in [4.78, 5) is 24.5. The van der Waals surface area contributed by atoms with Gasteiger partial charge in [0.2, 0.25) is 0 Å². The van der Waals surface area contributed by atoms with E-state index in [9.17, 15) is 13.2 Å². The molecule has 1 fully saturated rings. The van der Waals surface area contributed by atoms with E-state index in [4.69, 9.17) is 14.5 Å². The number of rotatable bonds is 5. The van der Waals surface area contributed by atoms with E-state index in [1.165, 1.54) is 24.5 Å². The van der Waals surface area contributed by atoms with Crippen LogP contribution in [0.15, 0.2) is 65.8 Å². The van der Waals surface area contributed by atoms with Crippen molar-refractivity contribution in [3.05, 3.63) is 83.3 Å². The molecular weight excluding hydrogens is 528 g/mol. The summed E-state index contributed by atoms with van der Waals surface area (Å²) >= 11 is 0. The van der Waals surface area contributed by atoms with Crippen molar-refractivity contribution in [1.29, 1.82) is 0 Å². The molecule has 1 N–H and O–H groups in total. The summed E-state index contributed by atoms with van der Waals surface area (Å²) in [5.41, 5.74) is 3.82. The Morgan fingerprint density at radius 1 is 1.00 bits per heavy atom. The van der Waals surface area contributed by atoms with Crippen molar-refractivity contribution in [2.45, 2.75) is 36.8 Å². The number of benzene rings is 2. The fourth-order valence-corrected chi connectivity index (χ4v) is 6.67. The standard InChI is InChI=1S/C30H28N4O5S/c35-30(20-3-4-22-18-38-9-10-40(36,37)28(22)14-20)33-17-25-11-23-12-26(6-5-21(23)15-31-25)34-7-8-39-27-13-24(19-1-2-19)16-32-29(27)34/h3-6,11-16,19H,1-2,7-10,17-18H2,(H,33,35). The van der Waals surface area contributed by atoms with Crippen molar-refractivity contribution in [3.63, 3.8) is 0 Å². The molecule has 2 aliphatic heterocycles. The van der Waals surface area contributed by atoms with Crippen molar-refractivity contribution in [3.8, 4) is 5.75 Å². The topological polar surface area (TPSA) is 111 Å². The van der Waals surface area contributed by atoms with Gasteiger partial charge in [-0.1, -0.05) is 12.1 Å². The van der Waals surface area contributed by atoms with E-state index in [0.29, 0.717) is 30.3 Å². The first-order chi connectivity index (χ1) is 19.4. The van der Waals surface area contributed by atoms with Gasteiger partial charge in [0, 0.05) is 29.0 Å². The SMILES string of the molecule is O=C(NCc1cc2cc(N3CCOc4cc(C5CC5)cnc43)ccc2cn1)c1ccc2c(c1)S(=O)(=O)CCOC2. The Kier molecular flexibility index (Phi) is 6.16. The Bertz CT molecular complexity index is 1750. The Morgan fingerprint density at radius 3 is 2.77 bits per heavy atom. The summed E-state index contributed by atoms with van der Waals surface area (Å²) in [5, 5.41) is 4.86. The second-order valence-electron chi connectivity index (χ2n) is 10.4. The zero-order valence-electron chi connectivity index (χ0n) is 21.8. The van der Waals surface area contributed by atoms with Crippen LogP contribution in [0.3, 0.4) is 0 Å². The second-order valence-corrected chi connectivity index (χ2v) is 12.5. The molecular formula is C30H28N4O5S. The molecule has 0 radical (unpaired) electrons. The van der Waals surface area contributed by atoms with E-state index in [1.807, 2.05) is 18.3 Å². The zero-order chi connectivity index (χ0) is 27.3. The minimum Gasteiger partial charge on any atom is -0.488 e. The molecule has 4 aromatic rings. The molecule has 10 heteroatoms. The van der Waals surface area contributed by atoms with Crippen LogP contribution in [0, 0.1) is 0 Å². The molecule has 0 atom stereocenters. The second kappa shape index (κ2) is 9.87. The minimum absolute atomic E-state index is 0.0956. The number of anilines is 2. The molecule has 7 rings (SSSR count). The van der Waals surface area contributed by atoms with Crippen LogP contribution in [0.5, 0.6) is 5.75 Å². The Hall–Kier alpha value is -4.02. The van der Waals surface area contributed by atoms with Crippen LogP contribution in [-0.2, 0) is 27.7 Å². The predicted molar refractivity (Wildman–Crippen MR) is 150 cm³/mol. The molecule has 2 aromatic heterocycles. The van der Waals surface area contributed by atoms with Gasteiger partial charge in [-0.25, -0.2) is 13.4 Å². The van der Waals surface area contributed by atoms with Crippen LogP contribution in [-0.4, -0.2) is 49.8 Å². The minimum atomic E-state index is -3.50. The molecule has 9 nitrogen and oxygen atoms in total. The molecule has 0 spiro atoms. The van der Waals surface area contributed by atoms with Gasteiger partial charge < -0.3 is 19.7 Å². The van der Waals surface area contributed by atoms with Gasteiger partial charge in [0.1, 0.15) is 6.61 Å². The van der Waals surface area contributed by atoms with Gasteiger partial charge in [-0.05, 0) is 71.7 Å². The number of fused-ring (bicyclic) bond motifs is 3. The van der Waals surface area contributed by atoms with E-state index < -0.39 is 9.84 Å². The van der Waals surface area contributed by atoms with Gasteiger partial charge in [0.15, 0.2) is 21.4 Å². The number of amides is 1. The van der Waals surface area contributed by atoms with Gasteiger partial charge >= 0.3 is 0 Å². The third-order valence-electron chi connectivity index (χ3n) is 7.65. The molecule has 0 unspecified atom stereocenters. The highest BCUT2D eigenvalue weighted by Crippen LogP contribution is 2.44. The van der Waals surface area contributed by atoms with Crippen molar-refractivity contribution >= 4 is 38.0 Å². The zero-order valence-corrected chi connectivity index (χ0v) is 22.6. The highest BCUT2D eigenvalue weighted by Gasteiger charge is 2.28. The van der Waals surface area contributed by atoms with Crippen molar-refractivity contribution < 1.29 is 22.7 Å². The van der Waals surface area contributed by atoms with Gasteiger partial charge in [-0.3, -0.25) is 9.78 Å². The molecule has 3 aliphatic rings. The third-order valence-corrected chi connectivity index (χ3v) is 9.41. The first kappa shape index (κ1) is 25.0. The first-order valence-electron chi connectivity index (χ1n) is 13.5. The number of carbonyl (C=O) groups excluding carboxylic acids is 1. The van der Waals surface area contributed by atoms with Gasteiger partial charge in [0.05, 0.1) is 42.6 Å². The summed E-state index contributed by atoms with van der Waals surface area (Å²) in [6.45, 7) is 1.85. The average molecular weight is 557 g/mol. The van der Waals surface area contributed by atoms with Crippen LogP contribution in [0.1, 0.15) is 45.9 Å². The molecule has 40 heavy (non-hydrogen) atoms. The maximum absolute atomic E-state index is 12.9. The molecule has 2 aromatic carbocycles. The van der Waals surface area contributed by atoms with E-state index in [-0.39, 0.29) is 41.9 Å². The first-order valence-corrected chi connectivity index (χ1v) is 15.1. The Labute approximate surface area is 232 Å². The van der Waals surface area contributed by atoms with Crippen LogP contribution < -0.4 is 15.0 Å². The normalized spacial score (nSPS) is 17.9. The maximum atomic E-state index is 12.9. The number of nitrogens with one attached hydrogen (secondary N) is 1. The van der Waals surface area contributed by atoms with Crippen LogP contribution in [0.25, 0.3) is 10.8 Å². The smallest absolute Gasteiger partial charge is 0.251 e. The Morgan fingerprint density at radius 2 is 1.90 bits per heavy atom. The molecule has 204 valence electrons. The number of hydrogen-bond donors (Lipinski definition) is 1. The molecule has 0 bridgehead atoms. The summed E-state index contributed by atoms with van der Waals surface area (Å²) in [6.07, 6.45) is 6.20. The fourth-order valence-electron chi connectivity index (χ4n) is 5.28. The van der Waals surface area contributed by atoms with E-state index in [1.54, 1.807) is 18.3 Å². The number of hydrogen-bond acceptors (Lipinski definition) is 8. The summed E-state index contributed by atoms with van der Waals surface area (Å²) in [6, 6.07) is 15.0. The lowest BCUT2D eigenvalue weighted by Gasteiger charge is -2.30. The largest absolute Gasteiger partial charge is 0.488 e. The molecule has 1 aliphatic carbocycles. The molecule has 1 saturated carbocycles. The number of ether oxygens (including phenoxy) is 2. The molecule has 0 saturated heterocycles. The van der Waals surface area contributed by atoms with Crippen molar-refractivity contribution in [2.24, 2.45) is 0 Å². The van der Waals surface area contributed by atoms with Crippen molar-refractivity contribution in [2.75, 3.05) is 30.4 Å². The quantitative estimate of drug-likeness (QED) is 0.388. The van der Waals surface area contributed by atoms with E-state index >= 15 is 0 Å². The highest BCUT2D eigenvalue weighted by molar-refractivity contribution is 7.91. The number of sulfone groups is 1. The summed E-state index contributed by atoms with van der Waals surface area (Å²) in [7, 11) is -3.50. The number of nitrogens with zero attached hydrogens (tertiary/aromatic N) is 3. The van der Waals surface area contributed by atoms with E-state index in [2.05, 4.69) is 33.4 Å². The molecule has 1 amide bonds. The van der Waals surface area contributed by atoms with Gasteiger partial charge in [-0.2, -0.15) is 0 Å². The fraction of sp³-hybridized carbons (Fsp3) is 0.300. The number of aromatic nitrogens is 2. The summed E-state index contributed by atoms with van der Waals surface area (Å²) < 4.78 is 36.5. The maximum Gasteiger partial charge on any atom is 0.251 e. The Balaban J connectivity index is 1.10. The average Bonchev–Trinajstić information content (AvgIpc) is 3.84. The lowest BCUT2D eigenvalue weighted by molar-refractivity contribution is 0.0950. The van der Waals surface area contributed by atoms with Crippen molar-refractivity contribution in [1.82, 2.24) is 15.3 Å². The highest BCUT2D eigenvalue weighted by atomic mass is 32.2. The lowest BCUT2D eigenvalue weighted by atomic mass is 10.1.